The summed E-state index contributed by atoms with van der Waals surface area (Å²) in [7, 11) is -4.25. The molecule has 3 rings (SSSR count). The van der Waals surface area contributed by atoms with Crippen LogP contribution in [0.25, 0.3) is 6.08 Å². The molecule has 4 nitrogen and oxygen atoms in total. The van der Waals surface area contributed by atoms with Crippen molar-refractivity contribution in [1.82, 2.24) is 0 Å². The molecule has 0 aliphatic heterocycles. The average Bonchev–Trinajstić information content (AvgIpc) is 2.71. The van der Waals surface area contributed by atoms with Crippen LogP contribution >= 0.6 is 0 Å². The molecule has 0 aromatic heterocycles. The standard InChI is InChI=1S/C18H22O4S/c1-11-7-12(9-13(8-11)23(20,21)22)10-14-15-5-6-18(4,16(14)19)17(15,2)3/h7-10,15H,5-6H2,1-4H3,(H,20,21,22)/b14-10-. The van der Waals surface area contributed by atoms with Crippen LogP contribution in [0.5, 0.6) is 0 Å². The molecule has 2 aliphatic carbocycles. The van der Waals surface area contributed by atoms with Crippen molar-refractivity contribution in [3.63, 3.8) is 0 Å². The van der Waals surface area contributed by atoms with Gasteiger partial charge < -0.3 is 0 Å². The van der Waals surface area contributed by atoms with Gasteiger partial charge in [-0.1, -0.05) is 26.8 Å². The van der Waals surface area contributed by atoms with Crippen molar-refractivity contribution < 1.29 is 17.8 Å². The van der Waals surface area contributed by atoms with Crippen molar-refractivity contribution in [2.24, 2.45) is 16.7 Å². The fraction of sp³-hybridized carbons (Fsp3) is 0.500. The molecule has 2 fully saturated rings. The smallest absolute Gasteiger partial charge is 0.294 e. The van der Waals surface area contributed by atoms with E-state index in [9.17, 15) is 17.8 Å². The Morgan fingerprint density at radius 3 is 2.39 bits per heavy atom. The average molecular weight is 334 g/mol. The summed E-state index contributed by atoms with van der Waals surface area (Å²) >= 11 is 0. The second kappa shape index (κ2) is 4.77. The largest absolute Gasteiger partial charge is 0.294 e. The monoisotopic (exact) mass is 334 g/mol. The van der Waals surface area contributed by atoms with E-state index < -0.39 is 10.1 Å². The molecule has 23 heavy (non-hydrogen) atoms. The predicted molar refractivity (Wildman–Crippen MR) is 88.6 cm³/mol. The first kappa shape index (κ1) is 16.4. The molecular formula is C18H22O4S. The third-order valence-corrected chi connectivity index (χ3v) is 6.89. The number of hydrogen-bond donors (Lipinski definition) is 1. The normalized spacial score (nSPS) is 31.1. The summed E-state index contributed by atoms with van der Waals surface area (Å²) in [6, 6.07) is 4.67. The molecule has 1 aromatic carbocycles. The van der Waals surface area contributed by atoms with Gasteiger partial charge in [0.1, 0.15) is 0 Å². The Bertz CT molecular complexity index is 833. The Hall–Kier alpha value is -1.46. The van der Waals surface area contributed by atoms with Gasteiger partial charge in [0.2, 0.25) is 0 Å². The highest BCUT2D eigenvalue weighted by Crippen LogP contribution is 2.65. The van der Waals surface area contributed by atoms with Gasteiger partial charge in [-0.2, -0.15) is 8.42 Å². The van der Waals surface area contributed by atoms with Gasteiger partial charge in [-0.25, -0.2) is 0 Å². The van der Waals surface area contributed by atoms with Crippen molar-refractivity contribution in [3.8, 4) is 0 Å². The fourth-order valence-electron chi connectivity index (χ4n) is 4.28. The molecule has 2 unspecified atom stereocenters. The Kier molecular flexibility index (Phi) is 3.40. The third kappa shape index (κ3) is 2.29. The summed E-state index contributed by atoms with van der Waals surface area (Å²) in [5.74, 6) is 0.378. The van der Waals surface area contributed by atoms with Gasteiger partial charge in [0.15, 0.2) is 5.78 Å². The number of carbonyl (C=O) groups excluding carboxylic acids is 1. The van der Waals surface area contributed by atoms with Crippen LogP contribution in [0.4, 0.5) is 0 Å². The zero-order valence-electron chi connectivity index (χ0n) is 13.9. The summed E-state index contributed by atoms with van der Waals surface area (Å²) in [6.45, 7) is 8.09. The van der Waals surface area contributed by atoms with Crippen molar-refractivity contribution in [3.05, 3.63) is 34.9 Å². The molecular weight excluding hydrogens is 312 g/mol. The van der Waals surface area contributed by atoms with Crippen molar-refractivity contribution in [2.45, 2.75) is 45.4 Å². The topological polar surface area (TPSA) is 71.4 Å². The molecule has 2 aliphatic rings. The van der Waals surface area contributed by atoms with E-state index in [1.165, 1.54) is 12.1 Å². The maximum Gasteiger partial charge on any atom is 0.294 e. The molecule has 1 aromatic rings. The van der Waals surface area contributed by atoms with Crippen LogP contribution in [-0.2, 0) is 14.9 Å². The summed E-state index contributed by atoms with van der Waals surface area (Å²) < 4.78 is 32.0. The first-order chi connectivity index (χ1) is 10.5. The van der Waals surface area contributed by atoms with E-state index in [0.29, 0.717) is 5.56 Å². The lowest BCUT2D eigenvalue weighted by Crippen LogP contribution is -2.32. The minimum atomic E-state index is -4.25. The summed E-state index contributed by atoms with van der Waals surface area (Å²) in [6.07, 6.45) is 3.70. The number of benzene rings is 1. The van der Waals surface area contributed by atoms with E-state index in [0.717, 1.165) is 24.0 Å². The maximum atomic E-state index is 12.8. The lowest BCUT2D eigenvalue weighted by molar-refractivity contribution is -0.125. The van der Waals surface area contributed by atoms with Gasteiger partial charge in [-0.15, -0.1) is 0 Å². The molecule has 0 radical (unpaired) electrons. The van der Waals surface area contributed by atoms with Crippen molar-refractivity contribution in [2.75, 3.05) is 0 Å². The molecule has 0 heterocycles. The van der Waals surface area contributed by atoms with Crippen LogP contribution in [-0.4, -0.2) is 18.8 Å². The zero-order chi connectivity index (χ0) is 17.2. The lowest BCUT2D eigenvalue weighted by Gasteiger charge is -2.31. The maximum absolute atomic E-state index is 12.8. The van der Waals surface area contributed by atoms with Crippen LogP contribution in [0.3, 0.4) is 0 Å². The van der Waals surface area contributed by atoms with E-state index in [1.807, 2.05) is 13.0 Å². The third-order valence-electron chi connectivity index (χ3n) is 6.06. The molecule has 0 spiro atoms. The van der Waals surface area contributed by atoms with Crippen LogP contribution in [0, 0.1) is 23.7 Å². The number of allylic oxidation sites excluding steroid dienone is 1. The second-order valence-electron chi connectivity index (χ2n) is 7.63. The van der Waals surface area contributed by atoms with Crippen molar-refractivity contribution in [1.29, 1.82) is 0 Å². The minimum Gasteiger partial charge on any atom is -0.294 e. The number of rotatable bonds is 2. The first-order valence-corrected chi connectivity index (χ1v) is 9.26. The van der Waals surface area contributed by atoms with Gasteiger partial charge >= 0.3 is 0 Å². The Labute approximate surface area is 137 Å². The van der Waals surface area contributed by atoms with Gasteiger partial charge in [0.25, 0.3) is 10.1 Å². The molecule has 2 bridgehead atoms. The van der Waals surface area contributed by atoms with Gasteiger partial charge in [-0.3, -0.25) is 9.35 Å². The quantitative estimate of drug-likeness (QED) is 0.662. The number of ketones is 1. The minimum absolute atomic E-state index is 0.0778. The molecule has 0 saturated heterocycles. The van der Waals surface area contributed by atoms with Crippen LogP contribution in [0.1, 0.15) is 44.7 Å². The molecule has 5 heteroatoms. The highest BCUT2D eigenvalue weighted by Gasteiger charge is 2.63. The van der Waals surface area contributed by atoms with E-state index in [-0.39, 0.29) is 27.4 Å². The number of hydrogen-bond acceptors (Lipinski definition) is 3. The Morgan fingerprint density at radius 1 is 1.22 bits per heavy atom. The van der Waals surface area contributed by atoms with E-state index >= 15 is 0 Å². The van der Waals surface area contributed by atoms with E-state index in [1.54, 1.807) is 13.0 Å². The molecule has 124 valence electrons. The fourth-order valence-corrected chi connectivity index (χ4v) is 4.90. The van der Waals surface area contributed by atoms with Gasteiger partial charge in [0, 0.05) is 5.41 Å². The number of carbonyl (C=O) groups is 1. The van der Waals surface area contributed by atoms with Crippen LogP contribution in [0.2, 0.25) is 0 Å². The molecule has 2 saturated carbocycles. The summed E-state index contributed by atoms with van der Waals surface area (Å²) in [5, 5.41) is 0. The van der Waals surface area contributed by atoms with Gasteiger partial charge in [0.05, 0.1) is 4.90 Å². The lowest BCUT2D eigenvalue weighted by atomic mass is 9.70. The Balaban J connectivity index is 2.11. The SMILES string of the molecule is Cc1cc(/C=C2\C(=O)C3(C)CCC2C3(C)C)cc(S(=O)(=O)O)c1. The van der Waals surface area contributed by atoms with E-state index in [2.05, 4.69) is 13.8 Å². The predicted octanol–water partition coefficient (Wildman–Crippen LogP) is 3.65. The molecule has 0 amide bonds. The van der Waals surface area contributed by atoms with Gasteiger partial charge in [-0.05, 0) is 66.0 Å². The highest BCUT2D eigenvalue weighted by atomic mass is 32.2. The summed E-state index contributed by atoms with van der Waals surface area (Å²) in [4.78, 5) is 12.7. The number of Topliss-reactive ketones (excluding diaryl/α,β-unsaturated/α-hetero) is 1. The Morgan fingerprint density at radius 2 is 1.87 bits per heavy atom. The van der Waals surface area contributed by atoms with Crippen LogP contribution < -0.4 is 0 Å². The molecule has 1 N–H and O–H groups in total. The van der Waals surface area contributed by atoms with Crippen LogP contribution in [0.15, 0.2) is 28.7 Å². The zero-order valence-corrected chi connectivity index (χ0v) is 14.7. The number of aryl methyl sites for hydroxylation is 1. The molecule has 2 atom stereocenters. The highest BCUT2D eigenvalue weighted by molar-refractivity contribution is 7.85. The van der Waals surface area contributed by atoms with E-state index in [4.69, 9.17) is 0 Å². The second-order valence-corrected chi connectivity index (χ2v) is 9.05. The summed E-state index contributed by atoms with van der Waals surface area (Å²) in [5.41, 5.74) is 1.75. The van der Waals surface area contributed by atoms with Crippen molar-refractivity contribution >= 4 is 22.0 Å². The number of fused-ring (bicyclic) bond motifs is 2. The first-order valence-electron chi connectivity index (χ1n) is 7.82.